The number of esters is 1. The van der Waals surface area contributed by atoms with E-state index < -0.39 is 23.9 Å². The van der Waals surface area contributed by atoms with Crippen LogP contribution in [0.25, 0.3) is 10.8 Å². The molecule has 0 radical (unpaired) electrons. The molecule has 0 aliphatic rings. The highest BCUT2D eigenvalue weighted by molar-refractivity contribution is 5.86. The van der Waals surface area contributed by atoms with Crippen LogP contribution in [0.5, 0.6) is 5.75 Å². The quantitative estimate of drug-likeness (QED) is 0.615. The van der Waals surface area contributed by atoms with Crippen molar-refractivity contribution in [2.45, 2.75) is 25.9 Å². The van der Waals surface area contributed by atoms with E-state index >= 15 is 0 Å². The normalized spacial score (nSPS) is 11.4. The molecule has 1 atom stereocenters. The maximum Gasteiger partial charge on any atom is 0.306 e. The van der Waals surface area contributed by atoms with Crippen LogP contribution in [0.1, 0.15) is 19.8 Å². The van der Waals surface area contributed by atoms with Crippen molar-refractivity contribution in [3.63, 3.8) is 0 Å². The smallest absolute Gasteiger partial charge is 0.306 e. The van der Waals surface area contributed by atoms with Crippen molar-refractivity contribution in [1.82, 2.24) is 10.9 Å². The van der Waals surface area contributed by atoms with E-state index in [-0.39, 0.29) is 12.8 Å². The van der Waals surface area contributed by atoms with Gasteiger partial charge in [0.05, 0.1) is 13.5 Å². The molecule has 0 aromatic heterocycles. The number of fused-ring (bicyclic) bond motifs is 1. The Kier molecular flexibility index (Phi) is 6.33. The second-order valence-electron chi connectivity index (χ2n) is 5.38. The molecule has 7 heteroatoms. The number of rotatable bonds is 6. The Morgan fingerprint density at radius 1 is 1.00 bits per heavy atom. The average Bonchev–Trinajstić information content (AvgIpc) is 2.63. The lowest BCUT2D eigenvalue weighted by atomic mass is 10.1. The van der Waals surface area contributed by atoms with Gasteiger partial charge in [-0.25, -0.2) is 0 Å². The molecule has 0 saturated heterocycles. The Hall–Kier alpha value is -3.09. The standard InChI is InChI=1S/C18H20N2O5/c1-12(18(23)20-19-16(21)9-10-17(22)24-2)25-15-8-7-13-5-3-4-6-14(13)11-15/h3-8,11-12H,9-10H2,1-2H3,(H,19,21)(H,20,23). The molecule has 2 amide bonds. The van der Waals surface area contributed by atoms with E-state index in [4.69, 9.17) is 4.74 Å². The first-order chi connectivity index (χ1) is 12.0. The van der Waals surface area contributed by atoms with Gasteiger partial charge in [0.2, 0.25) is 5.91 Å². The molecule has 2 N–H and O–H groups in total. The summed E-state index contributed by atoms with van der Waals surface area (Å²) in [6.07, 6.45) is -0.934. The molecule has 0 spiro atoms. The largest absolute Gasteiger partial charge is 0.481 e. The van der Waals surface area contributed by atoms with Gasteiger partial charge in [0.25, 0.3) is 5.91 Å². The molecule has 0 aliphatic heterocycles. The van der Waals surface area contributed by atoms with Crippen LogP contribution in [0.15, 0.2) is 42.5 Å². The Morgan fingerprint density at radius 3 is 2.44 bits per heavy atom. The number of hydrazine groups is 1. The minimum atomic E-state index is -0.804. The van der Waals surface area contributed by atoms with Crippen LogP contribution in [0, 0.1) is 0 Å². The van der Waals surface area contributed by atoms with Crippen molar-refractivity contribution >= 4 is 28.6 Å². The van der Waals surface area contributed by atoms with Crippen LogP contribution in [-0.2, 0) is 19.1 Å². The van der Waals surface area contributed by atoms with Crippen LogP contribution in [0.4, 0.5) is 0 Å². The van der Waals surface area contributed by atoms with E-state index in [1.807, 2.05) is 36.4 Å². The number of benzene rings is 2. The van der Waals surface area contributed by atoms with E-state index in [1.54, 1.807) is 13.0 Å². The summed E-state index contributed by atoms with van der Waals surface area (Å²) in [4.78, 5) is 34.4. The number of hydrogen-bond donors (Lipinski definition) is 2. The Labute approximate surface area is 145 Å². The Balaban J connectivity index is 1.82. The fourth-order valence-electron chi connectivity index (χ4n) is 2.11. The molecule has 1 unspecified atom stereocenters. The van der Waals surface area contributed by atoms with Crippen molar-refractivity contribution in [3.8, 4) is 5.75 Å². The monoisotopic (exact) mass is 344 g/mol. The SMILES string of the molecule is COC(=O)CCC(=O)NNC(=O)C(C)Oc1ccc2ccccc2c1. The summed E-state index contributed by atoms with van der Waals surface area (Å²) in [5.41, 5.74) is 4.50. The molecular formula is C18H20N2O5. The summed E-state index contributed by atoms with van der Waals surface area (Å²) in [5.74, 6) is -0.927. The molecule has 0 saturated carbocycles. The number of methoxy groups -OCH3 is 1. The van der Waals surface area contributed by atoms with Gasteiger partial charge < -0.3 is 9.47 Å². The zero-order valence-electron chi connectivity index (χ0n) is 14.1. The second-order valence-corrected chi connectivity index (χ2v) is 5.38. The molecule has 0 bridgehead atoms. The van der Waals surface area contributed by atoms with Crippen molar-refractivity contribution in [3.05, 3.63) is 42.5 Å². The summed E-state index contributed by atoms with van der Waals surface area (Å²) in [7, 11) is 1.24. The number of amides is 2. The van der Waals surface area contributed by atoms with Gasteiger partial charge in [0.15, 0.2) is 6.10 Å². The number of ether oxygens (including phenoxy) is 2. The lowest BCUT2D eigenvalue weighted by Gasteiger charge is -2.15. The highest BCUT2D eigenvalue weighted by atomic mass is 16.5. The third-order valence-corrected chi connectivity index (χ3v) is 3.51. The summed E-state index contributed by atoms with van der Waals surface area (Å²) in [6.45, 7) is 1.57. The van der Waals surface area contributed by atoms with E-state index in [1.165, 1.54) is 7.11 Å². The van der Waals surface area contributed by atoms with Gasteiger partial charge in [0, 0.05) is 6.42 Å². The van der Waals surface area contributed by atoms with Crippen LogP contribution in [-0.4, -0.2) is 31.0 Å². The van der Waals surface area contributed by atoms with Crippen molar-refractivity contribution in [2.24, 2.45) is 0 Å². The summed E-state index contributed by atoms with van der Waals surface area (Å²) in [6, 6.07) is 13.3. The molecule has 7 nitrogen and oxygen atoms in total. The van der Waals surface area contributed by atoms with Gasteiger partial charge in [-0.15, -0.1) is 0 Å². The molecule has 0 heterocycles. The fraction of sp³-hybridized carbons (Fsp3) is 0.278. The first-order valence-corrected chi connectivity index (χ1v) is 7.80. The predicted octanol–water partition coefficient (Wildman–Crippen LogP) is 1.71. The van der Waals surface area contributed by atoms with Gasteiger partial charge >= 0.3 is 5.97 Å². The van der Waals surface area contributed by atoms with Crippen LogP contribution in [0.2, 0.25) is 0 Å². The lowest BCUT2D eigenvalue weighted by molar-refractivity contribution is -0.142. The van der Waals surface area contributed by atoms with E-state index in [2.05, 4.69) is 15.6 Å². The van der Waals surface area contributed by atoms with Crippen molar-refractivity contribution < 1.29 is 23.9 Å². The average molecular weight is 344 g/mol. The molecule has 2 aromatic carbocycles. The minimum Gasteiger partial charge on any atom is -0.481 e. The van der Waals surface area contributed by atoms with Crippen molar-refractivity contribution in [1.29, 1.82) is 0 Å². The summed E-state index contributed by atoms with van der Waals surface area (Å²) >= 11 is 0. The Bertz CT molecular complexity index is 775. The fourth-order valence-corrected chi connectivity index (χ4v) is 2.11. The summed E-state index contributed by atoms with van der Waals surface area (Å²) in [5, 5.41) is 2.08. The first-order valence-electron chi connectivity index (χ1n) is 7.80. The molecule has 0 fully saturated rings. The highest BCUT2D eigenvalue weighted by Gasteiger charge is 2.16. The topological polar surface area (TPSA) is 93.7 Å². The van der Waals surface area contributed by atoms with Gasteiger partial charge in [-0.05, 0) is 29.8 Å². The third kappa shape index (κ3) is 5.49. The predicted molar refractivity (Wildman–Crippen MR) is 91.6 cm³/mol. The maximum absolute atomic E-state index is 12.0. The Morgan fingerprint density at radius 2 is 1.72 bits per heavy atom. The number of nitrogens with one attached hydrogen (secondary N) is 2. The van der Waals surface area contributed by atoms with Gasteiger partial charge in [-0.3, -0.25) is 25.2 Å². The van der Waals surface area contributed by atoms with Gasteiger partial charge in [0.1, 0.15) is 5.75 Å². The van der Waals surface area contributed by atoms with E-state index in [9.17, 15) is 14.4 Å². The van der Waals surface area contributed by atoms with Crippen molar-refractivity contribution in [2.75, 3.05) is 7.11 Å². The summed E-state index contributed by atoms with van der Waals surface area (Å²) < 4.78 is 10.0. The third-order valence-electron chi connectivity index (χ3n) is 3.51. The van der Waals surface area contributed by atoms with Crippen LogP contribution < -0.4 is 15.6 Å². The highest BCUT2D eigenvalue weighted by Crippen LogP contribution is 2.21. The second kappa shape index (κ2) is 8.68. The molecule has 25 heavy (non-hydrogen) atoms. The zero-order valence-corrected chi connectivity index (χ0v) is 14.1. The first kappa shape index (κ1) is 18.3. The number of carbonyl (C=O) groups excluding carboxylic acids is 3. The lowest BCUT2D eigenvalue weighted by Crippen LogP contribution is -2.47. The molecule has 132 valence electrons. The molecule has 2 aromatic rings. The van der Waals surface area contributed by atoms with E-state index in [0.29, 0.717) is 5.75 Å². The zero-order chi connectivity index (χ0) is 18.2. The minimum absolute atomic E-state index is 0.0542. The maximum atomic E-state index is 12.0. The number of carbonyl (C=O) groups is 3. The van der Waals surface area contributed by atoms with Crippen LogP contribution >= 0.6 is 0 Å². The van der Waals surface area contributed by atoms with Gasteiger partial charge in [-0.2, -0.15) is 0 Å². The van der Waals surface area contributed by atoms with E-state index in [0.717, 1.165) is 10.8 Å². The van der Waals surface area contributed by atoms with Gasteiger partial charge in [-0.1, -0.05) is 30.3 Å². The molecular weight excluding hydrogens is 324 g/mol. The van der Waals surface area contributed by atoms with Crippen LogP contribution in [0.3, 0.4) is 0 Å². The molecule has 2 rings (SSSR count). The number of hydrogen-bond acceptors (Lipinski definition) is 5. The molecule has 0 aliphatic carbocycles.